The summed E-state index contributed by atoms with van der Waals surface area (Å²) in [7, 11) is -2.35. The van der Waals surface area contributed by atoms with Gasteiger partial charge in [0.1, 0.15) is 29.5 Å². The predicted molar refractivity (Wildman–Crippen MR) is 203 cm³/mol. The zero-order chi connectivity index (χ0) is 39.5. The number of sulfonamides is 1. The van der Waals surface area contributed by atoms with Crippen LogP contribution < -0.4 is 20.1 Å². The van der Waals surface area contributed by atoms with Crippen molar-refractivity contribution >= 4 is 33.8 Å². The van der Waals surface area contributed by atoms with E-state index in [4.69, 9.17) is 15.9 Å². The van der Waals surface area contributed by atoms with Gasteiger partial charge in [0, 0.05) is 24.3 Å². The minimum absolute atomic E-state index is 0.0308. The Kier molecular flexibility index (Phi) is 11.7. The summed E-state index contributed by atoms with van der Waals surface area (Å²) in [6.07, 6.45) is 16.9. The van der Waals surface area contributed by atoms with E-state index in [-0.39, 0.29) is 31.8 Å². The van der Waals surface area contributed by atoms with Gasteiger partial charge in [0.05, 0.1) is 24.4 Å². The van der Waals surface area contributed by atoms with E-state index in [9.17, 15) is 27.6 Å². The number of rotatable bonds is 10. The van der Waals surface area contributed by atoms with E-state index in [0.29, 0.717) is 49.2 Å². The average molecular weight is 791 g/mol. The third kappa shape index (κ3) is 8.54. The predicted octanol–water partition coefficient (Wildman–Crippen LogP) is 3.31. The first-order valence-corrected chi connectivity index (χ1v) is 21.3. The summed E-state index contributed by atoms with van der Waals surface area (Å²) in [5, 5.41) is 18.5. The van der Waals surface area contributed by atoms with Crippen molar-refractivity contribution < 1.29 is 37.1 Å². The van der Waals surface area contributed by atoms with Crippen molar-refractivity contribution in [2.45, 2.75) is 137 Å². The molecule has 4 unspecified atom stereocenters. The number of hydrogen-bond acceptors (Lipinski definition) is 11. The molecule has 7 rings (SSSR count). The SMILES string of the molecule is C#CCC[C@H]1[C@H](n2nnc(-c3ccc(OC)cc3)n2)CC2C(=O)NC3(C(=O)NS(=O)(=O)C4CC4)CC3/C=C\CCCCCC(NC(=O)OC3CCCC3)C(=O)N21. The van der Waals surface area contributed by atoms with Gasteiger partial charge in [-0.05, 0) is 100 Å². The maximum atomic E-state index is 15.0. The molecule has 1 aromatic carbocycles. The van der Waals surface area contributed by atoms with Crippen molar-refractivity contribution in [3.8, 4) is 29.5 Å². The Morgan fingerprint density at radius 3 is 2.52 bits per heavy atom. The summed E-state index contributed by atoms with van der Waals surface area (Å²) in [4.78, 5) is 59.7. The number of allylic oxidation sites excluding steroid dienone is 1. The molecule has 2 aliphatic heterocycles. The normalized spacial score (nSPS) is 29.1. The second-order valence-corrected chi connectivity index (χ2v) is 17.5. The molecule has 0 spiro atoms. The standard InChI is InChI=1S/C39H50N8O8S/c1-3-4-16-31-32(47-43-34(42-45-47)25-17-19-27(54-2)20-18-25)23-33-35(48)41-39(37(50)44-56(52,53)29-21-22-29)24-26(39)12-8-6-5-7-9-15-30(36(49)46(31)33)40-38(51)55-28-13-10-11-14-28/h1,8,12,17-20,26,28-33H,4-7,9-11,13-16,21-24H2,2H3,(H,40,51)(H,41,48)(H,44,50)/b12-8-/t26?,30?,31-,32+,33?,39?/m0/s1. The highest BCUT2D eigenvalue weighted by Gasteiger charge is 2.62. The van der Waals surface area contributed by atoms with Gasteiger partial charge in [-0.3, -0.25) is 19.1 Å². The minimum atomic E-state index is -3.92. The molecule has 5 aliphatic rings. The Morgan fingerprint density at radius 2 is 1.80 bits per heavy atom. The smallest absolute Gasteiger partial charge is 0.408 e. The molecule has 56 heavy (non-hydrogen) atoms. The Bertz CT molecular complexity index is 1970. The van der Waals surface area contributed by atoms with Crippen molar-refractivity contribution in [2.75, 3.05) is 7.11 Å². The molecule has 0 bridgehead atoms. The highest BCUT2D eigenvalue weighted by atomic mass is 32.2. The molecule has 17 heteroatoms. The number of tetrazole rings is 1. The van der Waals surface area contributed by atoms with Gasteiger partial charge in [-0.2, -0.15) is 4.80 Å². The fourth-order valence-electron chi connectivity index (χ4n) is 8.28. The number of fused-ring (bicyclic) bond motifs is 2. The number of aromatic nitrogens is 4. The number of ether oxygens (including phenoxy) is 2. The van der Waals surface area contributed by atoms with Crippen LogP contribution in [-0.2, 0) is 29.1 Å². The number of nitrogens with zero attached hydrogens (tertiary/aromatic N) is 5. The fraction of sp³-hybridized carbons (Fsp3) is 0.615. The molecular formula is C39H50N8O8S. The number of methoxy groups -OCH3 is 1. The summed E-state index contributed by atoms with van der Waals surface area (Å²) in [6.45, 7) is 0. The Labute approximate surface area is 326 Å². The largest absolute Gasteiger partial charge is 0.497 e. The van der Waals surface area contributed by atoms with Crippen LogP contribution >= 0.6 is 0 Å². The minimum Gasteiger partial charge on any atom is -0.497 e. The summed E-state index contributed by atoms with van der Waals surface area (Å²) in [5.41, 5.74) is -0.863. The van der Waals surface area contributed by atoms with Gasteiger partial charge in [-0.1, -0.05) is 25.0 Å². The van der Waals surface area contributed by atoms with E-state index in [1.165, 1.54) is 9.70 Å². The van der Waals surface area contributed by atoms with Crippen LogP contribution in [0, 0.1) is 18.3 Å². The molecule has 4 fully saturated rings. The molecular weight excluding hydrogens is 741 g/mol. The first-order chi connectivity index (χ1) is 27.0. The summed E-state index contributed by atoms with van der Waals surface area (Å²) in [5.74, 6) is 1.23. The molecule has 0 radical (unpaired) electrons. The molecule has 3 N–H and O–H groups in total. The van der Waals surface area contributed by atoms with Crippen LogP contribution in [0.1, 0.15) is 102 Å². The number of nitrogens with one attached hydrogen (secondary N) is 3. The van der Waals surface area contributed by atoms with E-state index < -0.39 is 74.7 Å². The van der Waals surface area contributed by atoms with Crippen LogP contribution in [0.4, 0.5) is 4.79 Å². The van der Waals surface area contributed by atoms with Gasteiger partial charge in [-0.15, -0.1) is 22.5 Å². The maximum absolute atomic E-state index is 15.0. The van der Waals surface area contributed by atoms with Crippen LogP contribution in [0.5, 0.6) is 5.75 Å². The van der Waals surface area contributed by atoms with E-state index in [1.807, 2.05) is 12.2 Å². The molecule has 1 aromatic heterocycles. The van der Waals surface area contributed by atoms with Crippen molar-refractivity contribution in [1.82, 2.24) is 40.5 Å². The topological polar surface area (TPSA) is 204 Å². The van der Waals surface area contributed by atoms with Crippen molar-refractivity contribution in [3.63, 3.8) is 0 Å². The van der Waals surface area contributed by atoms with Gasteiger partial charge in [-0.25, -0.2) is 13.2 Å². The Hall–Kier alpha value is -4.98. The van der Waals surface area contributed by atoms with Gasteiger partial charge >= 0.3 is 6.09 Å². The molecule has 2 aromatic rings. The van der Waals surface area contributed by atoms with Gasteiger partial charge in [0.25, 0.3) is 5.91 Å². The monoisotopic (exact) mass is 790 g/mol. The lowest BCUT2D eigenvalue weighted by atomic mass is 10.0. The Morgan fingerprint density at radius 1 is 1.05 bits per heavy atom. The van der Waals surface area contributed by atoms with Crippen LogP contribution in [0.15, 0.2) is 36.4 Å². The lowest BCUT2D eigenvalue weighted by molar-refractivity contribution is -0.143. The van der Waals surface area contributed by atoms with Gasteiger partial charge < -0.3 is 25.0 Å². The molecule has 6 atom stereocenters. The van der Waals surface area contributed by atoms with E-state index in [1.54, 1.807) is 31.4 Å². The zero-order valence-corrected chi connectivity index (χ0v) is 32.4. The highest BCUT2D eigenvalue weighted by Crippen LogP contribution is 2.47. The first-order valence-electron chi connectivity index (χ1n) is 19.7. The van der Waals surface area contributed by atoms with E-state index in [2.05, 4.69) is 36.7 Å². The molecule has 3 heterocycles. The number of amides is 4. The molecule has 300 valence electrons. The molecule has 1 saturated heterocycles. The van der Waals surface area contributed by atoms with E-state index in [0.717, 1.165) is 38.5 Å². The number of carbonyl (C=O) groups excluding carboxylic acids is 4. The first kappa shape index (κ1) is 39.3. The fourth-order valence-corrected chi connectivity index (χ4v) is 9.65. The molecule has 3 saturated carbocycles. The highest BCUT2D eigenvalue weighted by molar-refractivity contribution is 7.91. The zero-order valence-electron chi connectivity index (χ0n) is 31.6. The number of terminal acetylenes is 1. The van der Waals surface area contributed by atoms with Crippen LogP contribution in [0.2, 0.25) is 0 Å². The second kappa shape index (κ2) is 16.6. The molecule has 3 aliphatic carbocycles. The lowest BCUT2D eigenvalue weighted by Gasteiger charge is -2.34. The van der Waals surface area contributed by atoms with Crippen molar-refractivity contribution in [2.24, 2.45) is 5.92 Å². The Balaban J connectivity index is 1.24. The summed E-state index contributed by atoms with van der Waals surface area (Å²) < 4.78 is 39.1. The summed E-state index contributed by atoms with van der Waals surface area (Å²) >= 11 is 0. The van der Waals surface area contributed by atoms with Crippen molar-refractivity contribution in [1.29, 1.82) is 0 Å². The quantitative estimate of drug-likeness (QED) is 0.235. The maximum Gasteiger partial charge on any atom is 0.408 e. The number of hydrogen-bond donors (Lipinski definition) is 3. The third-order valence-electron chi connectivity index (χ3n) is 11.7. The van der Waals surface area contributed by atoms with Crippen LogP contribution in [0.25, 0.3) is 11.4 Å². The third-order valence-corrected chi connectivity index (χ3v) is 13.5. The number of alkyl carbamates (subject to hydrolysis) is 1. The molecule has 4 amide bonds. The number of benzene rings is 1. The second-order valence-electron chi connectivity index (χ2n) is 15.6. The summed E-state index contributed by atoms with van der Waals surface area (Å²) in [6, 6.07) is 3.54. The van der Waals surface area contributed by atoms with Crippen LogP contribution in [-0.4, -0.2) is 99.5 Å². The van der Waals surface area contributed by atoms with Gasteiger partial charge in [0.2, 0.25) is 27.7 Å². The lowest BCUT2D eigenvalue weighted by Crippen LogP contribution is -2.59. The number of carbonyl (C=O) groups is 4. The van der Waals surface area contributed by atoms with Crippen LogP contribution in [0.3, 0.4) is 0 Å². The average Bonchev–Trinajstić information content (AvgIpc) is 3.97. The molecule has 16 nitrogen and oxygen atoms in total. The van der Waals surface area contributed by atoms with E-state index >= 15 is 0 Å². The van der Waals surface area contributed by atoms with Crippen molar-refractivity contribution in [3.05, 3.63) is 36.4 Å². The van der Waals surface area contributed by atoms with Gasteiger partial charge in [0.15, 0.2) is 0 Å².